The molecule has 0 saturated carbocycles. The van der Waals surface area contributed by atoms with Gasteiger partial charge in [-0.2, -0.15) is 0 Å². The SMILES string of the molecule is O=Cc1cc(Br)c(OCc2cncc(F)c2)c(Br)c1. The van der Waals surface area contributed by atoms with Crippen LogP contribution in [0.1, 0.15) is 15.9 Å². The molecule has 0 aliphatic rings. The van der Waals surface area contributed by atoms with E-state index in [1.807, 2.05) is 0 Å². The first kappa shape index (κ1) is 14.1. The molecule has 0 amide bonds. The maximum absolute atomic E-state index is 13.0. The Morgan fingerprint density at radius 2 is 1.89 bits per heavy atom. The molecule has 1 aromatic carbocycles. The third-order valence-electron chi connectivity index (χ3n) is 2.30. The molecule has 1 aromatic heterocycles. The number of halogens is 3. The molecule has 0 aliphatic carbocycles. The number of ether oxygens (including phenoxy) is 1. The van der Waals surface area contributed by atoms with E-state index in [0.717, 1.165) is 12.5 Å². The van der Waals surface area contributed by atoms with Gasteiger partial charge in [-0.25, -0.2) is 4.39 Å². The van der Waals surface area contributed by atoms with Crippen molar-refractivity contribution in [2.24, 2.45) is 0 Å². The highest BCUT2D eigenvalue weighted by Gasteiger charge is 2.09. The van der Waals surface area contributed by atoms with Crippen LogP contribution in [-0.4, -0.2) is 11.3 Å². The van der Waals surface area contributed by atoms with Gasteiger partial charge in [-0.3, -0.25) is 9.78 Å². The Balaban J connectivity index is 2.18. The first-order valence-electron chi connectivity index (χ1n) is 5.26. The monoisotopic (exact) mass is 387 g/mol. The highest BCUT2D eigenvalue weighted by Crippen LogP contribution is 2.34. The quantitative estimate of drug-likeness (QED) is 0.739. The average Bonchev–Trinajstić information content (AvgIpc) is 2.37. The van der Waals surface area contributed by atoms with Gasteiger partial charge in [0.15, 0.2) is 0 Å². The van der Waals surface area contributed by atoms with Crippen LogP contribution in [-0.2, 0) is 6.61 Å². The van der Waals surface area contributed by atoms with Crippen molar-refractivity contribution in [1.82, 2.24) is 4.98 Å². The smallest absolute Gasteiger partial charge is 0.150 e. The molecule has 0 unspecified atom stereocenters. The maximum atomic E-state index is 13.0. The van der Waals surface area contributed by atoms with Gasteiger partial charge in [0.1, 0.15) is 24.5 Å². The first-order valence-corrected chi connectivity index (χ1v) is 6.85. The minimum absolute atomic E-state index is 0.183. The summed E-state index contributed by atoms with van der Waals surface area (Å²) in [6.07, 6.45) is 3.41. The molecule has 3 nitrogen and oxygen atoms in total. The second-order valence-corrected chi connectivity index (χ2v) is 5.44. The average molecular weight is 389 g/mol. The molecule has 1 heterocycles. The summed E-state index contributed by atoms with van der Waals surface area (Å²) in [5, 5.41) is 0. The lowest BCUT2D eigenvalue weighted by Gasteiger charge is -2.10. The summed E-state index contributed by atoms with van der Waals surface area (Å²) in [6.45, 7) is 0.183. The van der Waals surface area contributed by atoms with Crippen LogP contribution in [0.2, 0.25) is 0 Å². The van der Waals surface area contributed by atoms with Gasteiger partial charge in [0.2, 0.25) is 0 Å². The molecular formula is C13H8Br2FNO2. The number of rotatable bonds is 4. The zero-order valence-electron chi connectivity index (χ0n) is 9.57. The van der Waals surface area contributed by atoms with E-state index in [0.29, 0.717) is 25.8 Å². The number of carbonyl (C=O) groups is 1. The highest BCUT2D eigenvalue weighted by molar-refractivity contribution is 9.11. The van der Waals surface area contributed by atoms with Crippen molar-refractivity contribution in [3.05, 3.63) is 56.5 Å². The zero-order chi connectivity index (χ0) is 13.8. The predicted molar refractivity (Wildman–Crippen MR) is 75.8 cm³/mol. The summed E-state index contributed by atoms with van der Waals surface area (Å²) in [6, 6.07) is 4.66. The van der Waals surface area contributed by atoms with Gasteiger partial charge in [-0.15, -0.1) is 0 Å². The molecule has 0 bridgehead atoms. The van der Waals surface area contributed by atoms with E-state index in [2.05, 4.69) is 36.8 Å². The predicted octanol–water partition coefficient (Wildman–Crippen LogP) is 4.14. The van der Waals surface area contributed by atoms with Crippen LogP contribution in [0.25, 0.3) is 0 Å². The van der Waals surface area contributed by atoms with Crippen LogP contribution in [0.15, 0.2) is 39.5 Å². The van der Waals surface area contributed by atoms with Crippen molar-refractivity contribution in [3.63, 3.8) is 0 Å². The number of nitrogens with zero attached hydrogens (tertiary/aromatic N) is 1. The van der Waals surface area contributed by atoms with Gasteiger partial charge in [-0.1, -0.05) is 0 Å². The number of aldehydes is 1. The normalized spacial score (nSPS) is 10.3. The van der Waals surface area contributed by atoms with Crippen molar-refractivity contribution in [2.45, 2.75) is 6.61 Å². The second kappa shape index (κ2) is 6.25. The first-order chi connectivity index (χ1) is 9.10. The summed E-state index contributed by atoms with van der Waals surface area (Å²) in [4.78, 5) is 14.5. The van der Waals surface area contributed by atoms with Crippen molar-refractivity contribution in [3.8, 4) is 5.75 Å². The van der Waals surface area contributed by atoms with Gasteiger partial charge < -0.3 is 4.74 Å². The molecule has 0 N–H and O–H groups in total. The molecule has 98 valence electrons. The fourth-order valence-electron chi connectivity index (χ4n) is 1.48. The molecule has 0 spiro atoms. The molecule has 0 radical (unpaired) electrons. The Morgan fingerprint density at radius 3 is 2.47 bits per heavy atom. The molecule has 2 rings (SSSR count). The van der Waals surface area contributed by atoms with E-state index in [-0.39, 0.29) is 6.61 Å². The summed E-state index contributed by atoms with van der Waals surface area (Å²) in [5.41, 5.74) is 1.15. The lowest BCUT2D eigenvalue weighted by Crippen LogP contribution is -1.99. The number of benzene rings is 1. The Hall–Kier alpha value is -1.27. The third kappa shape index (κ3) is 3.61. The minimum Gasteiger partial charge on any atom is -0.486 e. The number of aromatic nitrogens is 1. The van der Waals surface area contributed by atoms with Gasteiger partial charge in [0.25, 0.3) is 0 Å². The molecule has 0 atom stereocenters. The Labute approximate surface area is 126 Å². The minimum atomic E-state index is -0.407. The highest BCUT2D eigenvalue weighted by atomic mass is 79.9. The van der Waals surface area contributed by atoms with Gasteiger partial charge in [-0.05, 0) is 50.1 Å². The van der Waals surface area contributed by atoms with Crippen LogP contribution in [0, 0.1) is 5.82 Å². The maximum Gasteiger partial charge on any atom is 0.150 e. The van der Waals surface area contributed by atoms with E-state index < -0.39 is 5.82 Å². The largest absolute Gasteiger partial charge is 0.486 e. The fourth-order valence-corrected chi connectivity index (χ4v) is 2.93. The van der Waals surface area contributed by atoms with E-state index >= 15 is 0 Å². The van der Waals surface area contributed by atoms with Gasteiger partial charge >= 0.3 is 0 Å². The van der Waals surface area contributed by atoms with E-state index in [9.17, 15) is 9.18 Å². The summed E-state index contributed by atoms with van der Waals surface area (Å²) >= 11 is 6.65. The lowest BCUT2D eigenvalue weighted by molar-refractivity contribution is 0.112. The summed E-state index contributed by atoms with van der Waals surface area (Å²) in [5.74, 6) is 0.144. The molecule has 19 heavy (non-hydrogen) atoms. The number of hydrogen-bond donors (Lipinski definition) is 0. The second-order valence-electron chi connectivity index (χ2n) is 3.73. The zero-order valence-corrected chi connectivity index (χ0v) is 12.7. The van der Waals surface area contributed by atoms with Gasteiger partial charge in [0.05, 0.1) is 15.1 Å². The number of pyridine rings is 1. The fraction of sp³-hybridized carbons (Fsp3) is 0.0769. The Bertz CT molecular complexity index is 596. The van der Waals surface area contributed by atoms with Crippen molar-refractivity contribution < 1.29 is 13.9 Å². The molecule has 0 saturated heterocycles. The lowest BCUT2D eigenvalue weighted by atomic mass is 10.2. The molecule has 2 aromatic rings. The summed E-state index contributed by atoms with van der Waals surface area (Å²) in [7, 11) is 0. The number of hydrogen-bond acceptors (Lipinski definition) is 3. The molecule has 6 heteroatoms. The van der Waals surface area contributed by atoms with Crippen LogP contribution in [0.3, 0.4) is 0 Å². The van der Waals surface area contributed by atoms with E-state index in [1.165, 1.54) is 12.3 Å². The van der Waals surface area contributed by atoms with Crippen LogP contribution < -0.4 is 4.74 Å². The van der Waals surface area contributed by atoms with Crippen molar-refractivity contribution >= 4 is 38.1 Å². The topological polar surface area (TPSA) is 39.2 Å². The third-order valence-corrected chi connectivity index (χ3v) is 3.48. The van der Waals surface area contributed by atoms with Crippen LogP contribution in [0.4, 0.5) is 4.39 Å². The molecule has 0 fully saturated rings. The van der Waals surface area contributed by atoms with Crippen LogP contribution in [0.5, 0.6) is 5.75 Å². The summed E-state index contributed by atoms with van der Waals surface area (Å²) < 4.78 is 19.9. The standard InChI is InChI=1S/C13H8Br2FNO2/c14-11-2-8(6-18)3-12(15)13(11)19-7-9-1-10(16)5-17-4-9/h1-6H,7H2. The molecular weight excluding hydrogens is 381 g/mol. The van der Waals surface area contributed by atoms with Crippen LogP contribution >= 0.6 is 31.9 Å². The van der Waals surface area contributed by atoms with Gasteiger partial charge in [0, 0.05) is 17.3 Å². The van der Waals surface area contributed by atoms with Crippen molar-refractivity contribution in [1.29, 1.82) is 0 Å². The van der Waals surface area contributed by atoms with E-state index in [4.69, 9.17) is 4.74 Å². The van der Waals surface area contributed by atoms with E-state index in [1.54, 1.807) is 12.1 Å². The Kier molecular flexibility index (Phi) is 4.66. The number of carbonyl (C=O) groups excluding carboxylic acids is 1. The Morgan fingerprint density at radius 1 is 1.21 bits per heavy atom. The molecule has 0 aliphatic heterocycles. The van der Waals surface area contributed by atoms with Crippen molar-refractivity contribution in [2.75, 3.05) is 0 Å².